The van der Waals surface area contributed by atoms with Crippen LogP contribution in [0.15, 0.2) is 36.9 Å². The number of carbonyl (C=O) groups is 2. The lowest BCUT2D eigenvalue weighted by atomic mass is 10.0. The van der Waals surface area contributed by atoms with Crippen molar-refractivity contribution in [2.75, 3.05) is 0 Å². The van der Waals surface area contributed by atoms with Gasteiger partial charge >= 0.3 is 0 Å². The van der Waals surface area contributed by atoms with Crippen LogP contribution in [0.1, 0.15) is 30.0 Å². The molecule has 19 heavy (non-hydrogen) atoms. The van der Waals surface area contributed by atoms with Crippen LogP contribution in [-0.2, 0) is 16.1 Å². The van der Waals surface area contributed by atoms with Gasteiger partial charge in [-0.3, -0.25) is 9.59 Å². The molecule has 98 valence electrons. The zero-order valence-corrected chi connectivity index (χ0v) is 10.6. The Morgan fingerprint density at radius 2 is 2.05 bits per heavy atom. The Labute approximate surface area is 112 Å². The summed E-state index contributed by atoms with van der Waals surface area (Å²) >= 11 is 0. The van der Waals surface area contributed by atoms with Crippen LogP contribution in [0, 0.1) is 0 Å². The van der Waals surface area contributed by atoms with E-state index >= 15 is 0 Å². The number of rotatable bonds is 3. The van der Waals surface area contributed by atoms with Gasteiger partial charge in [0.15, 0.2) is 0 Å². The Morgan fingerprint density at radius 1 is 1.32 bits per heavy atom. The summed E-state index contributed by atoms with van der Waals surface area (Å²) in [6.45, 7) is 3.99. The average molecular weight is 256 g/mol. The van der Waals surface area contributed by atoms with Crippen LogP contribution in [0.4, 0.5) is 0 Å². The van der Waals surface area contributed by atoms with Gasteiger partial charge in [-0.1, -0.05) is 30.8 Å². The summed E-state index contributed by atoms with van der Waals surface area (Å²) in [5, 5.41) is 2.98. The number of benzene rings is 1. The minimum atomic E-state index is -0.512. The highest BCUT2D eigenvalue weighted by Crippen LogP contribution is 2.34. The summed E-state index contributed by atoms with van der Waals surface area (Å²) in [4.78, 5) is 25.9. The van der Waals surface area contributed by atoms with Crippen molar-refractivity contribution < 1.29 is 9.59 Å². The highest BCUT2D eigenvalue weighted by atomic mass is 16.2. The van der Waals surface area contributed by atoms with E-state index in [-0.39, 0.29) is 11.8 Å². The number of nitrogens with one attached hydrogen (secondary N) is 1. The highest BCUT2D eigenvalue weighted by molar-refractivity contribution is 5.94. The van der Waals surface area contributed by atoms with Gasteiger partial charge in [0.25, 0.3) is 0 Å². The van der Waals surface area contributed by atoms with Crippen LogP contribution in [0.5, 0.6) is 0 Å². The first-order valence-corrected chi connectivity index (χ1v) is 6.52. The first kappa shape index (κ1) is 12.0. The lowest BCUT2D eigenvalue weighted by molar-refractivity contribution is -0.137. The summed E-state index contributed by atoms with van der Waals surface area (Å²) in [6, 6.07) is 7.49. The molecule has 1 unspecified atom stereocenters. The normalized spacial score (nSPS) is 20.8. The van der Waals surface area contributed by atoms with Gasteiger partial charge in [0.1, 0.15) is 6.04 Å². The zero-order valence-electron chi connectivity index (χ0n) is 10.6. The second-order valence-electron chi connectivity index (χ2n) is 5.05. The van der Waals surface area contributed by atoms with E-state index in [1.54, 1.807) is 4.90 Å². The third kappa shape index (κ3) is 2.14. The largest absolute Gasteiger partial charge is 0.351 e. The fourth-order valence-electron chi connectivity index (χ4n) is 2.50. The molecule has 1 aromatic carbocycles. The van der Waals surface area contributed by atoms with Crippen LogP contribution >= 0.6 is 0 Å². The molecule has 1 atom stereocenters. The maximum atomic E-state index is 12.3. The Bertz CT molecular complexity index is 549. The van der Waals surface area contributed by atoms with E-state index in [0.717, 1.165) is 24.0 Å². The molecule has 4 heteroatoms. The number of hydrogen-bond donors (Lipinski definition) is 1. The second kappa shape index (κ2) is 4.53. The molecule has 1 heterocycles. The first-order chi connectivity index (χ1) is 9.20. The minimum Gasteiger partial charge on any atom is -0.351 e. The van der Waals surface area contributed by atoms with Gasteiger partial charge in [-0.25, -0.2) is 0 Å². The monoisotopic (exact) mass is 256 g/mol. The smallest absolute Gasteiger partial charge is 0.247 e. The quantitative estimate of drug-likeness (QED) is 0.834. The molecule has 0 radical (unpaired) electrons. The second-order valence-corrected chi connectivity index (χ2v) is 5.05. The topological polar surface area (TPSA) is 49.4 Å². The number of amides is 2. The fraction of sp³-hybridized carbons (Fsp3) is 0.333. The summed E-state index contributed by atoms with van der Waals surface area (Å²) in [6.07, 6.45) is 3.34. The van der Waals surface area contributed by atoms with Crippen LogP contribution in [-0.4, -0.2) is 22.8 Å². The number of carbonyl (C=O) groups excluding carboxylic acids is 2. The molecule has 1 aliphatic heterocycles. The molecule has 2 amide bonds. The molecule has 0 aromatic heterocycles. The molecule has 1 saturated carbocycles. The summed E-state index contributed by atoms with van der Waals surface area (Å²) in [5.41, 5.74) is 1.96. The van der Waals surface area contributed by atoms with Gasteiger partial charge < -0.3 is 10.2 Å². The maximum absolute atomic E-state index is 12.3. The minimum absolute atomic E-state index is 0.0809. The summed E-state index contributed by atoms with van der Waals surface area (Å²) in [5.74, 6) is -0.283. The van der Waals surface area contributed by atoms with E-state index in [9.17, 15) is 9.59 Å². The van der Waals surface area contributed by atoms with Crippen molar-refractivity contribution in [1.82, 2.24) is 10.2 Å². The maximum Gasteiger partial charge on any atom is 0.247 e. The third-order valence-electron chi connectivity index (χ3n) is 3.63. The zero-order chi connectivity index (χ0) is 13.4. The van der Waals surface area contributed by atoms with Crippen LogP contribution < -0.4 is 5.32 Å². The molecule has 2 aliphatic rings. The van der Waals surface area contributed by atoms with Crippen LogP contribution in [0.25, 0.3) is 0 Å². The van der Waals surface area contributed by atoms with Gasteiger partial charge in [-0.05, 0) is 30.0 Å². The molecule has 1 aromatic rings. The van der Waals surface area contributed by atoms with Crippen molar-refractivity contribution >= 4 is 11.8 Å². The average Bonchev–Trinajstić information content (AvgIpc) is 3.14. The standard InChI is InChI=1S/C15H16N2O2/c1-2-13(18)17-9-10-5-3-4-6-12(10)14(17)15(19)16-11-7-8-11/h2-6,11,14H,1,7-9H2,(H,16,19). The van der Waals surface area contributed by atoms with Gasteiger partial charge in [0.2, 0.25) is 11.8 Å². The first-order valence-electron chi connectivity index (χ1n) is 6.52. The predicted octanol–water partition coefficient (Wildman–Crippen LogP) is 1.53. The summed E-state index contributed by atoms with van der Waals surface area (Å²) < 4.78 is 0. The molecule has 1 aliphatic carbocycles. The van der Waals surface area contributed by atoms with Crippen molar-refractivity contribution in [2.24, 2.45) is 0 Å². The Morgan fingerprint density at radius 3 is 2.74 bits per heavy atom. The molecule has 0 spiro atoms. The van der Waals surface area contributed by atoms with Gasteiger partial charge in [0, 0.05) is 12.6 Å². The van der Waals surface area contributed by atoms with Crippen molar-refractivity contribution in [3.8, 4) is 0 Å². The Kier molecular flexibility index (Phi) is 2.85. The lowest BCUT2D eigenvalue weighted by Crippen LogP contribution is -2.40. The van der Waals surface area contributed by atoms with Gasteiger partial charge in [-0.2, -0.15) is 0 Å². The van der Waals surface area contributed by atoms with Crippen LogP contribution in [0.3, 0.4) is 0 Å². The molecular formula is C15H16N2O2. The molecule has 1 fully saturated rings. The SMILES string of the molecule is C=CC(=O)N1Cc2ccccc2C1C(=O)NC1CC1. The van der Waals surface area contributed by atoms with E-state index in [4.69, 9.17) is 0 Å². The third-order valence-corrected chi connectivity index (χ3v) is 3.63. The van der Waals surface area contributed by atoms with Crippen molar-refractivity contribution in [3.63, 3.8) is 0 Å². The van der Waals surface area contributed by atoms with Gasteiger partial charge in [-0.15, -0.1) is 0 Å². The Hall–Kier alpha value is -2.10. The molecular weight excluding hydrogens is 240 g/mol. The Balaban J connectivity index is 1.92. The van der Waals surface area contributed by atoms with Crippen molar-refractivity contribution in [1.29, 1.82) is 0 Å². The predicted molar refractivity (Wildman–Crippen MR) is 71.1 cm³/mol. The molecule has 4 nitrogen and oxygen atoms in total. The van der Waals surface area contributed by atoms with E-state index < -0.39 is 6.04 Å². The number of hydrogen-bond acceptors (Lipinski definition) is 2. The summed E-state index contributed by atoms with van der Waals surface area (Å²) in [7, 11) is 0. The molecule has 1 N–H and O–H groups in total. The molecule has 0 saturated heterocycles. The fourth-order valence-corrected chi connectivity index (χ4v) is 2.50. The van der Waals surface area contributed by atoms with E-state index in [1.807, 2.05) is 24.3 Å². The highest BCUT2D eigenvalue weighted by Gasteiger charge is 2.39. The lowest BCUT2D eigenvalue weighted by Gasteiger charge is -2.23. The van der Waals surface area contributed by atoms with E-state index in [0.29, 0.717) is 12.6 Å². The number of nitrogens with zero attached hydrogens (tertiary/aromatic N) is 1. The molecule has 0 bridgehead atoms. The van der Waals surface area contributed by atoms with E-state index in [1.165, 1.54) is 6.08 Å². The van der Waals surface area contributed by atoms with Crippen LogP contribution in [0.2, 0.25) is 0 Å². The number of fused-ring (bicyclic) bond motifs is 1. The van der Waals surface area contributed by atoms with Crippen molar-refractivity contribution in [3.05, 3.63) is 48.0 Å². The van der Waals surface area contributed by atoms with Crippen molar-refractivity contribution in [2.45, 2.75) is 31.5 Å². The van der Waals surface area contributed by atoms with E-state index in [2.05, 4.69) is 11.9 Å². The molecule has 3 rings (SSSR count). The van der Waals surface area contributed by atoms with Gasteiger partial charge in [0.05, 0.1) is 0 Å².